The number of hydrogen-bond acceptors (Lipinski definition) is 22. The number of likely N-dealkylation sites (tertiary alicyclic amines) is 2. The van der Waals surface area contributed by atoms with E-state index >= 15 is 0 Å². The van der Waals surface area contributed by atoms with E-state index in [9.17, 15) is 116 Å². The van der Waals surface area contributed by atoms with Crippen molar-refractivity contribution in [2.75, 3.05) is 128 Å². The largest absolute Gasteiger partial charge is 0.480 e. The molecule has 4 aromatic rings. The average Bonchev–Trinajstić information content (AvgIpc) is 1.11. The van der Waals surface area contributed by atoms with Crippen LogP contribution in [0.15, 0.2) is 60.9 Å². The van der Waals surface area contributed by atoms with Crippen LogP contribution in [0.3, 0.4) is 0 Å². The molecule has 0 spiro atoms. The number of pyridine rings is 2. The second kappa shape index (κ2) is 42.0. The smallest absolute Gasteiger partial charge is 0.320 e. The number of para-hydroxylation sites is 2. The number of anilines is 2. The number of benzene rings is 2. The van der Waals surface area contributed by atoms with E-state index in [2.05, 4.69) is 52.5 Å². The van der Waals surface area contributed by atoms with Gasteiger partial charge in [-0.1, -0.05) is 24.3 Å². The predicted octanol–water partition coefficient (Wildman–Crippen LogP) is -0.390. The van der Waals surface area contributed by atoms with E-state index in [-0.39, 0.29) is 178 Å². The third-order valence-corrected chi connectivity index (χ3v) is 18.0. The Kier molecular flexibility index (Phi) is 33.5. The van der Waals surface area contributed by atoms with Gasteiger partial charge < -0.3 is 72.8 Å². The Morgan fingerprint density at radius 2 is 0.909 bits per heavy atom. The molecule has 10 amide bonds. The van der Waals surface area contributed by atoms with Crippen LogP contribution in [0.4, 0.5) is 28.9 Å². The zero-order valence-electron chi connectivity index (χ0n) is 59.4. The number of carboxylic acid groups (broad SMARTS) is 4. The molecule has 12 N–H and O–H groups in total. The van der Waals surface area contributed by atoms with Crippen molar-refractivity contribution >= 4 is 116 Å². The van der Waals surface area contributed by atoms with Crippen LogP contribution in [0.25, 0.3) is 21.8 Å². The van der Waals surface area contributed by atoms with Gasteiger partial charge in [-0.25, -0.2) is 17.6 Å². The summed E-state index contributed by atoms with van der Waals surface area (Å²) in [5.74, 6) is -18.8. The molecule has 2 aromatic heterocycles. The van der Waals surface area contributed by atoms with Gasteiger partial charge >= 0.3 is 23.9 Å². The molecule has 2 unspecified atom stereocenters. The molecule has 0 saturated carbocycles. The van der Waals surface area contributed by atoms with Crippen LogP contribution in [0.1, 0.15) is 91.3 Å². The maximum atomic E-state index is 14.0. The molecule has 1 radical (unpaired) electrons. The number of aliphatic carboxylic acids is 4. The van der Waals surface area contributed by atoms with Crippen molar-refractivity contribution in [3.05, 3.63) is 72.1 Å². The summed E-state index contributed by atoms with van der Waals surface area (Å²) in [6.07, 6.45) is -0.994. The summed E-state index contributed by atoms with van der Waals surface area (Å²) < 4.78 is 56.0. The maximum Gasteiger partial charge on any atom is 0.320 e. The van der Waals surface area contributed by atoms with Crippen LogP contribution >= 0.6 is 0 Å². The number of carbonyl (C=O) groups excluding carboxylic acids is 10. The van der Waals surface area contributed by atoms with Crippen molar-refractivity contribution in [3.8, 4) is 12.1 Å². The second-order valence-corrected chi connectivity index (χ2v) is 26.1. The second-order valence-electron chi connectivity index (χ2n) is 26.1. The van der Waals surface area contributed by atoms with Gasteiger partial charge in [0.2, 0.25) is 47.3 Å². The Labute approximate surface area is 636 Å². The molecule has 3 fully saturated rings. The molecule has 3 aliphatic rings. The normalized spacial score (nSPS) is 17.4. The molecule has 110 heavy (non-hydrogen) atoms. The number of amides is 10. The predicted molar refractivity (Wildman–Crippen MR) is 375 cm³/mol. The van der Waals surface area contributed by atoms with Gasteiger partial charge in [-0.15, -0.1) is 0 Å². The van der Waals surface area contributed by atoms with Gasteiger partial charge in [0, 0.05) is 157 Å². The Morgan fingerprint density at radius 3 is 1.35 bits per heavy atom. The van der Waals surface area contributed by atoms with E-state index in [1.54, 1.807) is 17.0 Å². The van der Waals surface area contributed by atoms with Gasteiger partial charge in [-0.3, -0.25) is 96.7 Å². The summed E-state index contributed by atoms with van der Waals surface area (Å²) in [6, 6.07) is 9.57. The van der Waals surface area contributed by atoms with E-state index in [0.29, 0.717) is 9.80 Å². The van der Waals surface area contributed by atoms with Crippen LogP contribution in [-0.4, -0.2) is 297 Å². The number of halogens is 4. The van der Waals surface area contributed by atoms with Crippen molar-refractivity contribution in [3.63, 3.8) is 0 Å². The maximum absolute atomic E-state index is 14.0. The van der Waals surface area contributed by atoms with Crippen LogP contribution in [-0.2, 0) is 74.6 Å². The Bertz CT molecular complexity index is 4120. The molecule has 597 valence electrons. The molecule has 5 heterocycles. The topological polar surface area (TPSA) is 509 Å². The molecule has 4 atom stereocenters. The van der Waals surface area contributed by atoms with Gasteiger partial charge in [0.05, 0.1) is 91.5 Å². The SMILES string of the molecule is N#C[C@@H]1CC(F)(F)CN1C(=O)CNC(=O)c1ccnc2c(NC(=O)CCC(=O)NCCCCC(NC(=O)CCC(=O)Nc3cccc4c(C(=O)NCC(=O)N5CC(F)(F)C[C@H]5C#N)ccnc34)C(=O)NCCNC(=O)CCC(C(=O)O)N3CCN(CC(=O)O)CCN(CC(=O)O)CCN(CC(=O)O)CC3)cccc12.[64Cu]. The van der Waals surface area contributed by atoms with Gasteiger partial charge in [0.1, 0.15) is 24.2 Å². The van der Waals surface area contributed by atoms with Crippen molar-refractivity contribution in [2.24, 2.45) is 0 Å². The summed E-state index contributed by atoms with van der Waals surface area (Å²) in [5.41, 5.74) is 0.547. The summed E-state index contributed by atoms with van der Waals surface area (Å²) in [5, 5.41) is 78.8. The average molecular weight is 1590 g/mol. The number of carboxylic acids is 4. The van der Waals surface area contributed by atoms with Gasteiger partial charge in [0.25, 0.3) is 23.7 Å². The summed E-state index contributed by atoms with van der Waals surface area (Å²) in [6.45, 7) is -4.74. The molecule has 2 aromatic carbocycles. The van der Waals surface area contributed by atoms with E-state index in [4.69, 9.17) is 0 Å². The fourth-order valence-electron chi connectivity index (χ4n) is 12.5. The Morgan fingerprint density at radius 1 is 0.500 bits per heavy atom. The van der Waals surface area contributed by atoms with E-state index in [0.717, 1.165) is 0 Å². The number of nitrogens with one attached hydrogen (secondary N) is 8. The molecular weight excluding hydrogens is 1510 g/mol. The van der Waals surface area contributed by atoms with Crippen molar-refractivity contribution in [1.29, 1.82) is 10.5 Å². The first-order valence-corrected chi connectivity index (χ1v) is 34.8. The minimum Gasteiger partial charge on any atom is -0.480 e. The van der Waals surface area contributed by atoms with E-state index < -0.39 is 190 Å². The minimum absolute atomic E-state index is 0. The van der Waals surface area contributed by atoms with Gasteiger partial charge in [0.15, 0.2) is 0 Å². The molecular formula is C69H84CuF4N18O18. The number of rotatable bonds is 35. The fourth-order valence-corrected chi connectivity index (χ4v) is 12.5. The number of nitrogens with zero attached hydrogens (tertiary/aromatic N) is 10. The van der Waals surface area contributed by atoms with E-state index in [1.165, 1.54) is 75.6 Å². The number of unbranched alkanes of at least 4 members (excludes halogenated alkanes) is 1. The molecule has 41 heteroatoms. The Hall–Kier alpha value is -11.1. The van der Waals surface area contributed by atoms with Crippen LogP contribution < -0.4 is 42.5 Å². The van der Waals surface area contributed by atoms with Crippen molar-refractivity contribution < 1.29 is 122 Å². The monoisotopic (exact) mass is 1590 g/mol. The first-order valence-electron chi connectivity index (χ1n) is 34.8. The third kappa shape index (κ3) is 27.2. The number of fused-ring (bicyclic) bond motifs is 2. The van der Waals surface area contributed by atoms with Gasteiger partial charge in [-0.05, 0) is 49.9 Å². The third-order valence-electron chi connectivity index (χ3n) is 18.0. The quantitative estimate of drug-likeness (QED) is 0.0159. The molecule has 0 aliphatic carbocycles. The zero-order valence-corrected chi connectivity index (χ0v) is 60.3. The summed E-state index contributed by atoms with van der Waals surface area (Å²) in [7, 11) is 0. The standard InChI is InChI=1S/C69H84F4N18O18.Cu/c70-68(71)31-42(33-74)90(40-68)57(97)35-81-64(105)46-16-19-78-62-44(46)5-3-8-48(62)83-54(94)13-12-53(93)76-18-2-1-7-50(85-56(96)15-14-55(95)84-49-9-4-6-45-47(17-20-79-63(45)49)65(106)82-36-58(98)91-41-69(72,73)32-43(91)34-75)66(107)80-22-21-77-52(92)11-10-51(67(108)109)89-29-27-87(38-60(101)102)25-23-86(37-59(99)100)24-26-88(28-30-89)39-61(103)104;/h3-6,8-9,16-17,19-20,42-43,50-51H,1-2,7,10-15,18,21-32,35-41H2,(H,76,93)(H,77,92)(H,80,107)(H,81,105)(H,82,106)(H,83,94)(H,84,95)(H,85,96)(H,99,100)(H,101,102)(H,103,104)(H,108,109);/t42-,43-,50?,51?;/m0./s1/i;1+0. The van der Waals surface area contributed by atoms with Crippen LogP contribution in [0.5, 0.6) is 0 Å². The molecule has 3 aliphatic heterocycles. The number of hydrogen-bond donors (Lipinski definition) is 12. The minimum atomic E-state index is -3.28. The van der Waals surface area contributed by atoms with E-state index in [1.807, 2.05) is 0 Å². The number of aromatic nitrogens is 2. The Balaban J connectivity index is 0.0000189. The molecule has 7 rings (SSSR count). The van der Waals surface area contributed by atoms with Crippen molar-refractivity contribution in [1.82, 2.24) is 71.3 Å². The van der Waals surface area contributed by atoms with Crippen molar-refractivity contribution in [2.45, 2.75) is 107 Å². The molecule has 36 nitrogen and oxygen atoms in total. The number of carbonyl (C=O) groups is 14. The molecule has 3 saturated heterocycles. The van der Waals surface area contributed by atoms with Crippen LogP contribution in [0.2, 0.25) is 0 Å². The number of alkyl halides is 4. The number of nitriles is 2. The first-order chi connectivity index (χ1) is 51.8. The fraction of sp³-hybridized carbons (Fsp3) is 0.507. The summed E-state index contributed by atoms with van der Waals surface area (Å²) in [4.78, 5) is 197. The summed E-state index contributed by atoms with van der Waals surface area (Å²) >= 11 is 0. The van der Waals surface area contributed by atoms with Gasteiger partial charge in [-0.2, -0.15) is 10.5 Å². The van der Waals surface area contributed by atoms with Crippen LogP contribution in [0, 0.1) is 22.7 Å². The molecule has 0 bridgehead atoms. The first kappa shape index (κ1) is 87.8. The zero-order chi connectivity index (χ0) is 79.5.